The lowest BCUT2D eigenvalue weighted by molar-refractivity contribution is 0.1000. The van der Waals surface area contributed by atoms with Gasteiger partial charge in [-0.3, -0.25) is 4.79 Å². The van der Waals surface area contributed by atoms with Crippen LogP contribution in [0.3, 0.4) is 0 Å². The van der Waals surface area contributed by atoms with E-state index in [-0.39, 0.29) is 10.5 Å². The molecule has 2 aromatic rings. The van der Waals surface area contributed by atoms with E-state index in [1.807, 2.05) is 0 Å². The summed E-state index contributed by atoms with van der Waals surface area (Å²) in [6.45, 7) is 1.67. The number of benzene rings is 2. The summed E-state index contributed by atoms with van der Waals surface area (Å²) in [7, 11) is -3.77. The fraction of sp³-hybridized carbons (Fsp3) is 0.133. The highest BCUT2D eigenvalue weighted by Gasteiger charge is 2.20. The minimum Gasteiger partial charge on any atom is -0.366 e. The number of hydrogen-bond acceptors (Lipinski definition) is 3. The van der Waals surface area contributed by atoms with E-state index in [4.69, 9.17) is 28.9 Å². The van der Waals surface area contributed by atoms with Gasteiger partial charge < -0.3 is 5.73 Å². The minimum atomic E-state index is -3.77. The lowest BCUT2D eigenvalue weighted by Gasteiger charge is -2.16. The molecule has 2 rings (SSSR count). The first-order valence-corrected chi connectivity index (χ1v) is 8.82. The number of nitrogens with one attached hydrogen (secondary N) is 1. The number of carbonyl (C=O) groups is 1. The monoisotopic (exact) mass is 372 g/mol. The van der Waals surface area contributed by atoms with Crippen LogP contribution >= 0.6 is 23.2 Å². The second-order valence-electron chi connectivity index (χ2n) is 4.90. The van der Waals surface area contributed by atoms with Gasteiger partial charge in [-0.2, -0.15) is 0 Å². The summed E-state index contributed by atoms with van der Waals surface area (Å²) in [5, 5.41) is 0.840. The van der Waals surface area contributed by atoms with E-state index in [0.717, 1.165) is 0 Å². The van der Waals surface area contributed by atoms with Gasteiger partial charge in [0, 0.05) is 21.7 Å². The zero-order chi connectivity index (χ0) is 17.2. The highest BCUT2D eigenvalue weighted by Crippen LogP contribution is 2.27. The Bertz CT molecular complexity index is 836. The number of carbonyl (C=O) groups excluding carboxylic acids is 1. The average molecular weight is 373 g/mol. The lowest BCUT2D eigenvalue weighted by atomic mass is 10.1. The fourth-order valence-electron chi connectivity index (χ4n) is 2.02. The number of hydrogen-bond donors (Lipinski definition) is 2. The molecule has 23 heavy (non-hydrogen) atoms. The summed E-state index contributed by atoms with van der Waals surface area (Å²) in [5.41, 5.74) is 5.97. The Hall–Kier alpha value is -1.60. The Balaban J connectivity index is 2.24. The average Bonchev–Trinajstić information content (AvgIpc) is 2.46. The Morgan fingerprint density at radius 2 is 1.74 bits per heavy atom. The van der Waals surface area contributed by atoms with E-state index in [0.29, 0.717) is 15.6 Å². The van der Waals surface area contributed by atoms with Crippen LogP contribution in [0.2, 0.25) is 10.0 Å². The van der Waals surface area contributed by atoms with E-state index in [9.17, 15) is 13.2 Å². The van der Waals surface area contributed by atoms with Crippen LogP contribution in [0.15, 0.2) is 47.4 Å². The molecule has 0 fully saturated rings. The predicted molar refractivity (Wildman–Crippen MR) is 90.2 cm³/mol. The van der Waals surface area contributed by atoms with E-state index in [2.05, 4.69) is 4.72 Å². The maximum absolute atomic E-state index is 12.4. The zero-order valence-electron chi connectivity index (χ0n) is 12.1. The van der Waals surface area contributed by atoms with E-state index in [1.54, 1.807) is 25.1 Å². The van der Waals surface area contributed by atoms with Gasteiger partial charge in [0.15, 0.2) is 0 Å². The number of rotatable bonds is 5. The molecule has 5 nitrogen and oxygen atoms in total. The summed E-state index contributed by atoms with van der Waals surface area (Å²) in [4.78, 5) is 11.0. The van der Waals surface area contributed by atoms with Crippen LogP contribution in [0.5, 0.6) is 0 Å². The van der Waals surface area contributed by atoms with Crippen molar-refractivity contribution in [3.63, 3.8) is 0 Å². The predicted octanol–water partition coefficient (Wildman–Crippen LogP) is 3.13. The minimum absolute atomic E-state index is 0.0273. The smallest absolute Gasteiger partial charge is 0.248 e. The Kier molecular flexibility index (Phi) is 5.31. The van der Waals surface area contributed by atoms with Crippen molar-refractivity contribution in [3.05, 3.63) is 63.6 Å². The first-order valence-electron chi connectivity index (χ1n) is 6.58. The van der Waals surface area contributed by atoms with Gasteiger partial charge >= 0.3 is 0 Å². The Morgan fingerprint density at radius 1 is 1.13 bits per heavy atom. The molecule has 0 aliphatic heterocycles. The third-order valence-corrected chi connectivity index (χ3v) is 5.33. The Morgan fingerprint density at radius 3 is 2.26 bits per heavy atom. The van der Waals surface area contributed by atoms with Gasteiger partial charge in [0.2, 0.25) is 15.9 Å². The van der Waals surface area contributed by atoms with Crippen LogP contribution in [0.25, 0.3) is 0 Å². The van der Waals surface area contributed by atoms with Gasteiger partial charge in [-0.15, -0.1) is 0 Å². The highest BCUT2D eigenvalue weighted by molar-refractivity contribution is 7.89. The largest absolute Gasteiger partial charge is 0.366 e. The molecule has 2 aromatic carbocycles. The molecule has 122 valence electrons. The molecule has 0 spiro atoms. The van der Waals surface area contributed by atoms with Crippen LogP contribution < -0.4 is 10.5 Å². The van der Waals surface area contributed by atoms with E-state index < -0.39 is 22.0 Å². The van der Waals surface area contributed by atoms with Crippen molar-refractivity contribution in [2.24, 2.45) is 5.73 Å². The second kappa shape index (κ2) is 6.88. The van der Waals surface area contributed by atoms with Crippen molar-refractivity contribution < 1.29 is 13.2 Å². The number of primary amides is 1. The van der Waals surface area contributed by atoms with Crippen molar-refractivity contribution in [1.82, 2.24) is 4.72 Å². The van der Waals surface area contributed by atoms with Gasteiger partial charge in [-0.05, 0) is 48.9 Å². The second-order valence-corrected chi connectivity index (χ2v) is 7.46. The van der Waals surface area contributed by atoms with Gasteiger partial charge in [0.1, 0.15) is 0 Å². The molecule has 1 atom stereocenters. The van der Waals surface area contributed by atoms with Gasteiger partial charge in [-0.25, -0.2) is 13.1 Å². The van der Waals surface area contributed by atoms with E-state index in [1.165, 1.54) is 24.3 Å². The summed E-state index contributed by atoms with van der Waals surface area (Å²) in [5.74, 6) is -0.622. The molecule has 0 saturated carbocycles. The van der Waals surface area contributed by atoms with Crippen LogP contribution in [-0.4, -0.2) is 14.3 Å². The van der Waals surface area contributed by atoms with Crippen molar-refractivity contribution in [1.29, 1.82) is 0 Å². The van der Waals surface area contributed by atoms with Crippen LogP contribution in [0, 0.1) is 0 Å². The summed E-state index contributed by atoms with van der Waals surface area (Å²) < 4.78 is 27.3. The fourth-order valence-corrected chi connectivity index (χ4v) is 3.81. The first kappa shape index (κ1) is 17.7. The normalized spacial score (nSPS) is 12.8. The first-order chi connectivity index (χ1) is 10.7. The third kappa shape index (κ3) is 4.23. The van der Waals surface area contributed by atoms with Gasteiger partial charge in [0.05, 0.1) is 4.90 Å². The topological polar surface area (TPSA) is 89.3 Å². The molecule has 8 heteroatoms. The molecule has 0 heterocycles. The Labute approximate surface area is 144 Å². The molecule has 0 saturated heterocycles. The quantitative estimate of drug-likeness (QED) is 0.844. The molecular weight excluding hydrogens is 359 g/mol. The van der Waals surface area contributed by atoms with Gasteiger partial charge in [0.25, 0.3) is 0 Å². The summed E-state index contributed by atoms with van der Waals surface area (Å²) >= 11 is 11.9. The van der Waals surface area contributed by atoms with Crippen molar-refractivity contribution >= 4 is 39.1 Å². The number of sulfonamides is 1. The number of nitrogens with two attached hydrogens (primary N) is 1. The highest BCUT2D eigenvalue weighted by atomic mass is 35.5. The molecule has 0 bridgehead atoms. The molecule has 1 amide bonds. The van der Waals surface area contributed by atoms with Crippen molar-refractivity contribution in [2.75, 3.05) is 0 Å². The molecule has 0 aliphatic carbocycles. The third-order valence-electron chi connectivity index (χ3n) is 3.21. The van der Waals surface area contributed by atoms with Crippen LogP contribution in [-0.2, 0) is 10.0 Å². The molecular formula is C15H14Cl2N2O3S. The number of amides is 1. The maximum Gasteiger partial charge on any atom is 0.248 e. The summed E-state index contributed by atoms with van der Waals surface area (Å²) in [6.07, 6.45) is 0. The maximum atomic E-state index is 12.4. The SMILES string of the molecule is CC(NS(=O)(=O)c1ccc(C(N)=O)cc1)c1ccc(Cl)cc1Cl. The van der Waals surface area contributed by atoms with Gasteiger partial charge in [-0.1, -0.05) is 29.3 Å². The molecule has 0 radical (unpaired) electrons. The van der Waals surface area contributed by atoms with Crippen molar-refractivity contribution in [2.45, 2.75) is 17.9 Å². The van der Waals surface area contributed by atoms with Crippen LogP contribution in [0.1, 0.15) is 28.9 Å². The molecule has 0 aromatic heterocycles. The zero-order valence-corrected chi connectivity index (χ0v) is 14.4. The molecule has 0 aliphatic rings. The molecule has 1 unspecified atom stereocenters. The molecule has 3 N–H and O–H groups in total. The number of halogens is 2. The van der Waals surface area contributed by atoms with E-state index >= 15 is 0 Å². The standard InChI is InChI=1S/C15H14Cl2N2O3S/c1-9(13-7-4-11(16)8-14(13)17)19-23(21,22)12-5-2-10(3-6-12)15(18)20/h2-9,19H,1H3,(H2,18,20). The van der Waals surface area contributed by atoms with Crippen LogP contribution in [0.4, 0.5) is 0 Å². The van der Waals surface area contributed by atoms with Crippen molar-refractivity contribution in [3.8, 4) is 0 Å². The summed E-state index contributed by atoms with van der Waals surface area (Å²) in [6, 6.07) is 9.64. The lowest BCUT2D eigenvalue weighted by Crippen LogP contribution is -2.27.